The fraction of sp³-hybridized carbons (Fsp3) is 0.267. The van der Waals surface area contributed by atoms with Gasteiger partial charge in [-0.15, -0.1) is 0 Å². The largest absolute Gasteiger partial charge is 0.392 e. The van der Waals surface area contributed by atoms with Crippen LogP contribution in [0.4, 0.5) is 5.69 Å². The molecule has 0 bridgehead atoms. The maximum atomic E-state index is 9.42. The molecule has 1 aromatic carbocycles. The summed E-state index contributed by atoms with van der Waals surface area (Å²) in [6, 6.07) is 11.9. The predicted molar refractivity (Wildman–Crippen MR) is 81.3 cm³/mol. The fourth-order valence-electron chi connectivity index (χ4n) is 2.00. The lowest BCUT2D eigenvalue weighted by Gasteiger charge is -2.22. The molecule has 0 unspecified atom stereocenters. The molecule has 0 radical (unpaired) electrons. The summed E-state index contributed by atoms with van der Waals surface area (Å²) in [4.78, 5) is 6.46. The molecule has 0 saturated heterocycles. The van der Waals surface area contributed by atoms with Gasteiger partial charge in [0, 0.05) is 47.6 Å². The number of hydrogen-bond donors (Lipinski definition) is 1. The first kappa shape index (κ1) is 14.0. The lowest BCUT2D eigenvalue weighted by molar-refractivity contribution is 0.282. The number of aromatic nitrogens is 1. The van der Waals surface area contributed by atoms with Crippen molar-refractivity contribution in [1.82, 2.24) is 4.98 Å². The third-order valence-corrected chi connectivity index (χ3v) is 3.55. The summed E-state index contributed by atoms with van der Waals surface area (Å²) in [5.74, 6) is 0. The topological polar surface area (TPSA) is 36.4 Å². The molecule has 0 aliphatic heterocycles. The minimum atomic E-state index is 0.0443. The fourth-order valence-corrected chi connectivity index (χ4v) is 2.41. The smallest absolute Gasteiger partial charge is 0.0702 e. The number of likely N-dealkylation sites (N-methyl/N-ethyl adjacent to an activating group) is 1. The van der Waals surface area contributed by atoms with Crippen LogP contribution in [0, 0.1) is 0 Å². The highest BCUT2D eigenvalue weighted by Crippen LogP contribution is 2.24. The van der Waals surface area contributed by atoms with Crippen molar-refractivity contribution in [2.24, 2.45) is 0 Å². The molecule has 100 valence electrons. The number of benzene rings is 1. The van der Waals surface area contributed by atoms with Gasteiger partial charge in [-0.1, -0.05) is 22.0 Å². The van der Waals surface area contributed by atoms with E-state index in [0.717, 1.165) is 34.4 Å². The van der Waals surface area contributed by atoms with E-state index in [-0.39, 0.29) is 6.61 Å². The molecule has 0 fully saturated rings. The summed E-state index contributed by atoms with van der Waals surface area (Å²) in [5.41, 5.74) is 3.07. The van der Waals surface area contributed by atoms with Crippen LogP contribution in [0.1, 0.15) is 11.3 Å². The van der Waals surface area contributed by atoms with Gasteiger partial charge in [0.15, 0.2) is 0 Å². The van der Waals surface area contributed by atoms with Crippen LogP contribution < -0.4 is 4.90 Å². The van der Waals surface area contributed by atoms with Gasteiger partial charge in [-0.25, -0.2) is 0 Å². The minimum Gasteiger partial charge on any atom is -0.392 e. The zero-order chi connectivity index (χ0) is 13.7. The first-order chi connectivity index (χ1) is 9.20. The normalized spacial score (nSPS) is 10.5. The van der Waals surface area contributed by atoms with Gasteiger partial charge >= 0.3 is 0 Å². The molecule has 19 heavy (non-hydrogen) atoms. The Balaban J connectivity index is 2.05. The van der Waals surface area contributed by atoms with E-state index in [4.69, 9.17) is 0 Å². The third-order valence-electron chi connectivity index (χ3n) is 3.05. The van der Waals surface area contributed by atoms with E-state index in [1.165, 1.54) is 0 Å². The Bertz CT molecular complexity index is 531. The maximum Gasteiger partial charge on any atom is 0.0702 e. The molecule has 1 aromatic heterocycles. The van der Waals surface area contributed by atoms with Gasteiger partial charge < -0.3 is 10.0 Å². The summed E-state index contributed by atoms with van der Waals surface area (Å²) in [6.07, 6.45) is 2.70. The Labute approximate surface area is 122 Å². The van der Waals surface area contributed by atoms with Crippen molar-refractivity contribution >= 4 is 21.6 Å². The van der Waals surface area contributed by atoms with Crippen molar-refractivity contribution in [2.45, 2.75) is 13.0 Å². The first-order valence-corrected chi connectivity index (χ1v) is 7.00. The first-order valence-electron chi connectivity index (χ1n) is 6.21. The van der Waals surface area contributed by atoms with Crippen LogP contribution in [-0.4, -0.2) is 23.7 Å². The van der Waals surface area contributed by atoms with Crippen molar-refractivity contribution in [1.29, 1.82) is 0 Å². The van der Waals surface area contributed by atoms with E-state index in [2.05, 4.69) is 25.8 Å². The number of hydrogen-bond acceptors (Lipinski definition) is 3. The van der Waals surface area contributed by atoms with Crippen LogP contribution >= 0.6 is 15.9 Å². The average Bonchev–Trinajstić information content (AvgIpc) is 2.45. The zero-order valence-electron chi connectivity index (χ0n) is 10.9. The number of rotatable bonds is 5. The molecular weight excluding hydrogens is 304 g/mol. The maximum absolute atomic E-state index is 9.42. The van der Waals surface area contributed by atoms with Crippen molar-refractivity contribution in [3.63, 3.8) is 0 Å². The van der Waals surface area contributed by atoms with Gasteiger partial charge in [-0.05, 0) is 30.3 Å². The lowest BCUT2D eigenvalue weighted by Crippen LogP contribution is -2.22. The van der Waals surface area contributed by atoms with Crippen molar-refractivity contribution < 1.29 is 5.11 Å². The molecule has 0 atom stereocenters. The molecule has 0 spiro atoms. The minimum absolute atomic E-state index is 0.0443. The molecule has 3 nitrogen and oxygen atoms in total. The number of anilines is 1. The highest BCUT2D eigenvalue weighted by molar-refractivity contribution is 9.10. The summed E-state index contributed by atoms with van der Waals surface area (Å²) < 4.78 is 0.985. The van der Waals surface area contributed by atoms with Crippen molar-refractivity contribution in [3.05, 3.63) is 58.3 Å². The molecule has 0 amide bonds. The Kier molecular flexibility index (Phi) is 4.93. The second kappa shape index (κ2) is 6.68. The van der Waals surface area contributed by atoms with Crippen molar-refractivity contribution in [3.8, 4) is 0 Å². The van der Waals surface area contributed by atoms with E-state index >= 15 is 0 Å². The highest BCUT2D eigenvalue weighted by atomic mass is 79.9. The Hall–Kier alpha value is -1.39. The van der Waals surface area contributed by atoms with Gasteiger partial charge in [0.2, 0.25) is 0 Å². The Morgan fingerprint density at radius 3 is 2.79 bits per heavy atom. The molecule has 4 heteroatoms. The van der Waals surface area contributed by atoms with E-state index in [0.29, 0.717) is 0 Å². The molecule has 2 aromatic rings. The van der Waals surface area contributed by atoms with E-state index < -0.39 is 0 Å². The van der Waals surface area contributed by atoms with Crippen LogP contribution in [0.5, 0.6) is 0 Å². The number of nitrogens with zero attached hydrogens (tertiary/aromatic N) is 2. The standard InChI is InChI=1S/C15H17BrN2O/c1-18(9-7-14-4-2-3-8-17-14)15-6-5-13(16)10-12(15)11-19/h2-6,8,10,19H,7,9,11H2,1H3. The average molecular weight is 321 g/mol. The number of halogens is 1. The zero-order valence-corrected chi connectivity index (χ0v) is 12.5. The molecule has 1 heterocycles. The van der Waals surface area contributed by atoms with Gasteiger partial charge in [0.25, 0.3) is 0 Å². The Morgan fingerprint density at radius 1 is 1.26 bits per heavy atom. The van der Waals surface area contributed by atoms with Gasteiger partial charge in [0.1, 0.15) is 0 Å². The second-order valence-corrected chi connectivity index (χ2v) is 5.34. The second-order valence-electron chi connectivity index (χ2n) is 4.42. The van der Waals surface area contributed by atoms with E-state index in [1.807, 2.05) is 49.6 Å². The molecule has 0 aliphatic rings. The quantitative estimate of drug-likeness (QED) is 0.920. The monoisotopic (exact) mass is 320 g/mol. The Morgan fingerprint density at radius 2 is 2.11 bits per heavy atom. The van der Waals surface area contributed by atoms with Crippen LogP contribution in [0.25, 0.3) is 0 Å². The van der Waals surface area contributed by atoms with Gasteiger partial charge in [-0.3, -0.25) is 4.98 Å². The SMILES string of the molecule is CN(CCc1ccccn1)c1ccc(Br)cc1CO. The summed E-state index contributed by atoms with van der Waals surface area (Å²) >= 11 is 3.42. The van der Waals surface area contributed by atoms with Gasteiger partial charge in [0.05, 0.1) is 6.61 Å². The highest BCUT2D eigenvalue weighted by Gasteiger charge is 2.07. The third kappa shape index (κ3) is 3.78. The summed E-state index contributed by atoms with van der Waals surface area (Å²) in [5, 5.41) is 9.42. The molecule has 1 N–H and O–H groups in total. The summed E-state index contributed by atoms with van der Waals surface area (Å²) in [6.45, 7) is 0.911. The predicted octanol–water partition coefficient (Wildman–Crippen LogP) is 3.02. The number of pyridine rings is 1. The lowest BCUT2D eigenvalue weighted by atomic mass is 10.1. The summed E-state index contributed by atoms with van der Waals surface area (Å²) in [7, 11) is 2.03. The molecule has 2 rings (SSSR count). The number of aliphatic hydroxyl groups excluding tert-OH is 1. The van der Waals surface area contributed by atoms with Crippen molar-refractivity contribution in [2.75, 3.05) is 18.5 Å². The number of aliphatic hydroxyl groups is 1. The van der Waals surface area contributed by atoms with Gasteiger partial charge in [-0.2, -0.15) is 0 Å². The van der Waals surface area contributed by atoms with Crippen LogP contribution in [0.3, 0.4) is 0 Å². The van der Waals surface area contributed by atoms with Crippen LogP contribution in [0.2, 0.25) is 0 Å². The molecular formula is C15H17BrN2O. The van der Waals surface area contributed by atoms with Crippen LogP contribution in [-0.2, 0) is 13.0 Å². The molecule has 0 saturated carbocycles. The van der Waals surface area contributed by atoms with E-state index in [1.54, 1.807) is 0 Å². The van der Waals surface area contributed by atoms with E-state index in [9.17, 15) is 5.11 Å². The van der Waals surface area contributed by atoms with Crippen LogP contribution in [0.15, 0.2) is 47.1 Å². The molecule has 0 aliphatic carbocycles.